The van der Waals surface area contributed by atoms with E-state index in [9.17, 15) is 19.2 Å². The third-order valence-corrected chi connectivity index (χ3v) is 19.7. The number of benzene rings is 4. The van der Waals surface area contributed by atoms with Crippen molar-refractivity contribution in [2.45, 2.75) is 287 Å². The summed E-state index contributed by atoms with van der Waals surface area (Å²) in [4.78, 5) is 50.0. The van der Waals surface area contributed by atoms with Gasteiger partial charge in [0, 0.05) is 0 Å². The van der Waals surface area contributed by atoms with Crippen molar-refractivity contribution in [3.63, 3.8) is 0 Å². The van der Waals surface area contributed by atoms with Gasteiger partial charge in [0.2, 0.25) is 0 Å². The normalized spacial score (nSPS) is 18.0. The van der Waals surface area contributed by atoms with E-state index in [0.29, 0.717) is 0 Å². The zero-order valence-electron chi connectivity index (χ0n) is 56.0. The fourth-order valence-electron chi connectivity index (χ4n) is 11.1. The lowest BCUT2D eigenvalue weighted by Crippen LogP contribution is -2.42. The third-order valence-electron chi connectivity index (χ3n) is 19.7. The van der Waals surface area contributed by atoms with E-state index >= 15 is 0 Å². The van der Waals surface area contributed by atoms with Gasteiger partial charge >= 0.3 is 23.9 Å². The monoisotopic (exact) mass is 1150 g/mol. The number of aryl methyl sites for hydroxylation is 1. The first-order valence-corrected chi connectivity index (χ1v) is 32.4. The Bertz CT molecular complexity index is 2720. The van der Waals surface area contributed by atoms with E-state index in [0.717, 1.165) is 144 Å². The van der Waals surface area contributed by atoms with Crippen LogP contribution in [0.15, 0.2) is 103 Å². The van der Waals surface area contributed by atoms with Gasteiger partial charge in [-0.25, -0.2) is 0 Å². The van der Waals surface area contributed by atoms with Crippen LogP contribution < -0.4 is 0 Å². The predicted molar refractivity (Wildman–Crippen MR) is 345 cm³/mol. The molecule has 0 heterocycles. The minimum atomic E-state index is -0.417. The molecule has 464 valence electrons. The van der Waals surface area contributed by atoms with Crippen molar-refractivity contribution < 1.29 is 38.1 Å². The van der Waals surface area contributed by atoms with Gasteiger partial charge < -0.3 is 18.9 Å². The Morgan fingerprint density at radius 2 is 0.536 bits per heavy atom. The van der Waals surface area contributed by atoms with E-state index in [2.05, 4.69) is 133 Å². The fraction of sp³-hybridized carbons (Fsp3) is 0.632. The van der Waals surface area contributed by atoms with E-state index in [1.807, 2.05) is 101 Å². The SMILES string of the molecule is CCC(C)(C)C(=O)OC1(c2ccc(C(C)(C)C)cc2)CCC1.CCC(C)(C)C(=O)OC1(c2ccc(C(C)(C)C)cc2)CCCC1.CCC(C)(C)C(=O)OC1(c2ccc(C)cc2)CCCC1.CCC(C)(C)C(=O)OC1(c2ccccc2)CCCC1. The average molecular weight is 1150 g/mol. The molecule has 0 radical (unpaired) electrons. The number of rotatable bonds is 16. The molecule has 0 unspecified atom stereocenters. The Morgan fingerprint density at radius 1 is 0.321 bits per heavy atom. The van der Waals surface area contributed by atoms with Gasteiger partial charge in [0.25, 0.3) is 0 Å². The number of hydrogen-bond acceptors (Lipinski definition) is 8. The highest BCUT2D eigenvalue weighted by molar-refractivity contribution is 5.78. The Morgan fingerprint density at radius 3 is 0.738 bits per heavy atom. The number of esters is 4. The number of hydrogen-bond donors (Lipinski definition) is 0. The fourth-order valence-corrected chi connectivity index (χ4v) is 11.1. The van der Waals surface area contributed by atoms with Crippen LogP contribution in [0.2, 0.25) is 0 Å². The summed E-state index contributed by atoms with van der Waals surface area (Å²) in [7, 11) is 0. The first-order valence-electron chi connectivity index (χ1n) is 32.4. The minimum Gasteiger partial charge on any atom is -0.454 e. The molecule has 0 spiro atoms. The van der Waals surface area contributed by atoms with Gasteiger partial charge in [0.05, 0.1) is 21.7 Å². The zero-order chi connectivity index (χ0) is 62.6. The molecule has 0 N–H and O–H groups in total. The van der Waals surface area contributed by atoms with Crippen LogP contribution in [0.4, 0.5) is 0 Å². The van der Waals surface area contributed by atoms with Crippen molar-refractivity contribution in [1.82, 2.24) is 0 Å². The zero-order valence-corrected chi connectivity index (χ0v) is 56.0. The molecule has 4 saturated carbocycles. The van der Waals surface area contributed by atoms with Crippen molar-refractivity contribution in [2.75, 3.05) is 0 Å². The van der Waals surface area contributed by atoms with Crippen molar-refractivity contribution in [2.24, 2.45) is 21.7 Å². The molecule has 4 aliphatic rings. The summed E-state index contributed by atoms with van der Waals surface area (Å²) in [5.74, 6) is -0.278. The molecule has 0 saturated heterocycles. The number of carbonyl (C=O) groups excluding carboxylic acids is 4. The van der Waals surface area contributed by atoms with E-state index in [-0.39, 0.29) is 45.9 Å². The van der Waals surface area contributed by atoms with Crippen LogP contribution in [0, 0.1) is 28.6 Å². The molecule has 8 heteroatoms. The van der Waals surface area contributed by atoms with E-state index in [4.69, 9.17) is 18.9 Å². The minimum absolute atomic E-state index is 0.0672. The maximum absolute atomic E-state index is 12.6. The van der Waals surface area contributed by atoms with Crippen molar-refractivity contribution in [1.29, 1.82) is 0 Å². The lowest BCUT2D eigenvalue weighted by Gasteiger charge is -2.43. The van der Waals surface area contributed by atoms with Crippen molar-refractivity contribution in [3.8, 4) is 0 Å². The van der Waals surface area contributed by atoms with Crippen LogP contribution in [0.1, 0.15) is 286 Å². The molecule has 8 nitrogen and oxygen atoms in total. The smallest absolute Gasteiger partial charge is 0.312 e. The van der Waals surface area contributed by atoms with Crippen LogP contribution in [-0.2, 0) is 71.4 Å². The highest BCUT2D eigenvalue weighted by atomic mass is 16.6. The van der Waals surface area contributed by atoms with Crippen LogP contribution in [0.25, 0.3) is 0 Å². The standard InChI is InChI=1S/C21H32O2.C20H30O2.C18H26O2.C17H24O2/c1-7-20(5,6)18(22)23-21(14-8-9-15-21)17-12-10-16(11-13-17)19(2,3)4;1-7-19(5,6)17(21)22-20(13-8-14-20)16-11-9-15(10-12-16)18(2,3)4;1-5-17(3,4)16(19)20-18(12-6-7-13-18)15-10-8-14(2)9-11-15;1-4-16(2,3)15(18)19-17(12-8-9-13-17)14-10-6-5-7-11-14/h10-13H,7-9,14-15H2,1-6H3;9-12H,7-8,13-14H2,1-6H3;8-11H,5-7,12-13H2,1-4H3;5-7,10-11H,4,8-9,12-13H2,1-3H3. The molecule has 0 bridgehead atoms. The molecule has 4 aromatic rings. The second kappa shape index (κ2) is 28.1. The average Bonchev–Trinajstić information content (AvgIpc) is 3.98. The quantitative estimate of drug-likeness (QED) is 0.0807. The van der Waals surface area contributed by atoms with Crippen LogP contribution >= 0.6 is 0 Å². The molecule has 0 aromatic heterocycles. The van der Waals surface area contributed by atoms with Crippen LogP contribution in [0.3, 0.4) is 0 Å². The lowest BCUT2D eigenvalue weighted by molar-refractivity contribution is -0.182. The summed E-state index contributed by atoms with van der Waals surface area (Å²) in [6.45, 7) is 39.2. The largest absolute Gasteiger partial charge is 0.454 e. The van der Waals surface area contributed by atoms with Crippen molar-refractivity contribution >= 4 is 23.9 Å². The Labute approximate surface area is 510 Å². The highest BCUT2D eigenvalue weighted by Crippen LogP contribution is 2.49. The first-order chi connectivity index (χ1) is 39.1. The van der Waals surface area contributed by atoms with Crippen molar-refractivity contribution in [3.05, 3.63) is 142 Å². The summed E-state index contributed by atoms with van der Waals surface area (Å²) < 4.78 is 24.2. The molecule has 4 fully saturated rings. The molecule has 4 aromatic carbocycles. The van der Waals surface area contributed by atoms with Crippen LogP contribution in [0.5, 0.6) is 0 Å². The Kier molecular flexibility index (Phi) is 23.2. The topological polar surface area (TPSA) is 105 Å². The van der Waals surface area contributed by atoms with Gasteiger partial charge in [-0.2, -0.15) is 0 Å². The summed E-state index contributed by atoms with van der Waals surface area (Å²) >= 11 is 0. The molecule has 8 rings (SSSR count). The van der Waals surface area contributed by atoms with Gasteiger partial charge in [0.1, 0.15) is 22.4 Å². The first kappa shape index (κ1) is 69.5. The third kappa shape index (κ3) is 17.3. The second-order valence-corrected chi connectivity index (χ2v) is 29.8. The molecule has 84 heavy (non-hydrogen) atoms. The van der Waals surface area contributed by atoms with Gasteiger partial charge in [-0.3, -0.25) is 19.2 Å². The molecular formula is C76H112O8. The summed E-state index contributed by atoms with van der Waals surface area (Å²) in [5.41, 5.74) is 5.54. The molecule has 0 aliphatic heterocycles. The van der Waals surface area contributed by atoms with Gasteiger partial charge in [-0.15, -0.1) is 0 Å². The lowest BCUT2D eigenvalue weighted by atomic mass is 9.73. The maximum atomic E-state index is 12.6. The number of carbonyl (C=O) groups is 4. The van der Waals surface area contributed by atoms with E-state index in [1.54, 1.807) is 0 Å². The summed E-state index contributed by atoms with van der Waals surface area (Å²) in [5, 5.41) is 0. The van der Waals surface area contributed by atoms with E-state index in [1.165, 1.54) is 16.7 Å². The summed E-state index contributed by atoms with van der Waals surface area (Å²) in [6.07, 6.45) is 18.6. The summed E-state index contributed by atoms with van der Waals surface area (Å²) in [6, 6.07) is 36.0. The molecular weight excluding hydrogens is 1040 g/mol. The van der Waals surface area contributed by atoms with Gasteiger partial charge in [-0.05, 0) is 229 Å². The van der Waals surface area contributed by atoms with E-state index < -0.39 is 32.9 Å². The van der Waals surface area contributed by atoms with Gasteiger partial charge in [-0.1, -0.05) is 178 Å². The predicted octanol–water partition coefficient (Wildman–Crippen LogP) is 20.3. The Balaban J connectivity index is 0.000000205. The highest BCUT2D eigenvalue weighted by Gasteiger charge is 2.47. The molecule has 4 aliphatic carbocycles. The number of ether oxygens (including phenoxy) is 4. The second-order valence-electron chi connectivity index (χ2n) is 29.8. The Hall–Kier alpha value is -5.24. The van der Waals surface area contributed by atoms with Gasteiger partial charge in [0.15, 0.2) is 0 Å². The molecule has 0 atom stereocenters. The maximum Gasteiger partial charge on any atom is 0.312 e. The van der Waals surface area contributed by atoms with Crippen LogP contribution in [-0.4, -0.2) is 23.9 Å². The molecule has 0 amide bonds.